The summed E-state index contributed by atoms with van der Waals surface area (Å²) in [6, 6.07) is 11.5. The minimum Gasteiger partial charge on any atom is -0.491 e. The molecule has 0 saturated carbocycles. The molecule has 2 aliphatic rings. The SMILES string of the molecule is CCC(C)Oc1ccc2c(c1)C1C=CCC1C(c1ccc(C)s1)N2. The van der Waals surface area contributed by atoms with E-state index in [4.69, 9.17) is 4.74 Å². The van der Waals surface area contributed by atoms with E-state index in [1.807, 2.05) is 11.3 Å². The van der Waals surface area contributed by atoms with Gasteiger partial charge in [0, 0.05) is 21.4 Å². The van der Waals surface area contributed by atoms with Crippen LogP contribution in [0.3, 0.4) is 0 Å². The third-order valence-electron chi connectivity index (χ3n) is 5.31. The Kier molecular flexibility index (Phi) is 4.13. The third kappa shape index (κ3) is 2.75. The molecule has 2 heterocycles. The van der Waals surface area contributed by atoms with Gasteiger partial charge in [-0.1, -0.05) is 19.1 Å². The number of fused-ring (bicyclic) bond motifs is 3. The Hall–Kier alpha value is -1.74. The van der Waals surface area contributed by atoms with Crippen molar-refractivity contribution in [1.29, 1.82) is 0 Å². The van der Waals surface area contributed by atoms with Crippen LogP contribution in [-0.4, -0.2) is 6.10 Å². The van der Waals surface area contributed by atoms with Crippen LogP contribution in [0, 0.1) is 12.8 Å². The number of aryl methyl sites for hydroxylation is 1. The molecular formula is C21H25NOS. The monoisotopic (exact) mass is 339 g/mol. The van der Waals surface area contributed by atoms with E-state index in [0.29, 0.717) is 17.9 Å². The average molecular weight is 340 g/mol. The van der Waals surface area contributed by atoms with E-state index in [-0.39, 0.29) is 6.10 Å². The van der Waals surface area contributed by atoms with Gasteiger partial charge in [-0.15, -0.1) is 11.3 Å². The predicted octanol–water partition coefficient (Wildman–Crippen LogP) is 6.06. The second-order valence-corrected chi connectivity index (χ2v) is 8.33. The van der Waals surface area contributed by atoms with Gasteiger partial charge in [0.2, 0.25) is 0 Å². The summed E-state index contributed by atoms with van der Waals surface area (Å²) in [6.45, 7) is 6.48. The number of rotatable bonds is 4. The lowest BCUT2D eigenvalue weighted by molar-refractivity contribution is 0.217. The van der Waals surface area contributed by atoms with Crippen molar-refractivity contribution in [2.75, 3.05) is 5.32 Å². The van der Waals surface area contributed by atoms with Crippen LogP contribution in [0.2, 0.25) is 0 Å². The third-order valence-corrected chi connectivity index (χ3v) is 6.40. The van der Waals surface area contributed by atoms with Gasteiger partial charge in [-0.25, -0.2) is 0 Å². The molecule has 1 aromatic heterocycles. The molecule has 0 bridgehead atoms. The van der Waals surface area contributed by atoms with E-state index in [9.17, 15) is 0 Å². The van der Waals surface area contributed by atoms with Crippen LogP contribution >= 0.6 is 11.3 Å². The van der Waals surface area contributed by atoms with Gasteiger partial charge >= 0.3 is 0 Å². The Balaban J connectivity index is 1.68. The number of hydrogen-bond donors (Lipinski definition) is 1. The minimum absolute atomic E-state index is 0.261. The van der Waals surface area contributed by atoms with E-state index in [1.165, 1.54) is 21.0 Å². The number of ether oxygens (including phenoxy) is 1. The fourth-order valence-electron chi connectivity index (χ4n) is 3.86. The molecule has 0 spiro atoms. The molecule has 24 heavy (non-hydrogen) atoms. The van der Waals surface area contributed by atoms with Crippen molar-refractivity contribution in [2.45, 2.75) is 51.7 Å². The molecule has 1 aromatic carbocycles. The highest BCUT2D eigenvalue weighted by Crippen LogP contribution is 2.51. The highest BCUT2D eigenvalue weighted by Gasteiger charge is 2.38. The van der Waals surface area contributed by atoms with E-state index < -0.39 is 0 Å². The molecule has 4 rings (SSSR count). The number of hydrogen-bond acceptors (Lipinski definition) is 3. The largest absolute Gasteiger partial charge is 0.491 e. The fourth-order valence-corrected chi connectivity index (χ4v) is 4.87. The van der Waals surface area contributed by atoms with Crippen LogP contribution in [0.4, 0.5) is 5.69 Å². The molecule has 0 saturated heterocycles. The van der Waals surface area contributed by atoms with Gasteiger partial charge in [0.15, 0.2) is 0 Å². The van der Waals surface area contributed by atoms with Crippen LogP contribution in [0.5, 0.6) is 5.75 Å². The Bertz CT molecular complexity index is 763. The normalized spacial score (nSPS) is 25.7. The second kappa shape index (κ2) is 6.29. The maximum absolute atomic E-state index is 6.04. The zero-order chi connectivity index (χ0) is 16.7. The number of anilines is 1. The first-order valence-corrected chi connectivity index (χ1v) is 9.77. The molecule has 4 unspecified atom stereocenters. The highest BCUT2D eigenvalue weighted by molar-refractivity contribution is 7.12. The van der Waals surface area contributed by atoms with Gasteiger partial charge in [0.1, 0.15) is 5.75 Å². The number of nitrogens with one attached hydrogen (secondary N) is 1. The van der Waals surface area contributed by atoms with Crippen LogP contribution in [-0.2, 0) is 0 Å². The second-order valence-electron chi connectivity index (χ2n) is 7.01. The van der Waals surface area contributed by atoms with Gasteiger partial charge in [0.05, 0.1) is 12.1 Å². The van der Waals surface area contributed by atoms with Crippen molar-refractivity contribution >= 4 is 17.0 Å². The molecule has 1 aliphatic carbocycles. The summed E-state index contributed by atoms with van der Waals surface area (Å²) >= 11 is 1.92. The lowest BCUT2D eigenvalue weighted by Crippen LogP contribution is -2.28. The molecule has 1 N–H and O–H groups in total. The number of thiophene rings is 1. The quantitative estimate of drug-likeness (QED) is 0.684. The summed E-state index contributed by atoms with van der Waals surface area (Å²) in [5, 5.41) is 3.81. The smallest absolute Gasteiger partial charge is 0.120 e. The average Bonchev–Trinajstić information content (AvgIpc) is 3.23. The van der Waals surface area contributed by atoms with E-state index in [0.717, 1.165) is 18.6 Å². The van der Waals surface area contributed by atoms with Gasteiger partial charge < -0.3 is 10.1 Å². The van der Waals surface area contributed by atoms with Crippen molar-refractivity contribution < 1.29 is 4.74 Å². The zero-order valence-electron chi connectivity index (χ0n) is 14.6. The molecule has 3 heteroatoms. The predicted molar refractivity (Wildman–Crippen MR) is 102 cm³/mol. The fraction of sp³-hybridized carbons (Fsp3) is 0.429. The molecule has 126 valence electrons. The van der Waals surface area contributed by atoms with Crippen LogP contribution in [0.1, 0.15) is 54.0 Å². The van der Waals surface area contributed by atoms with Crippen molar-refractivity contribution in [2.24, 2.45) is 5.92 Å². The Morgan fingerprint density at radius 1 is 1.29 bits per heavy atom. The number of benzene rings is 1. The Labute approximate surface area is 148 Å². The summed E-state index contributed by atoms with van der Waals surface area (Å²) in [7, 11) is 0. The van der Waals surface area contributed by atoms with Crippen LogP contribution in [0.25, 0.3) is 0 Å². The molecule has 0 radical (unpaired) electrons. The zero-order valence-corrected chi connectivity index (χ0v) is 15.4. The van der Waals surface area contributed by atoms with Crippen molar-refractivity contribution in [3.05, 3.63) is 57.8 Å². The molecule has 4 atom stereocenters. The molecular weight excluding hydrogens is 314 g/mol. The molecule has 1 aliphatic heterocycles. The Morgan fingerprint density at radius 2 is 2.17 bits per heavy atom. The molecule has 0 fully saturated rings. The first kappa shape index (κ1) is 15.8. The first-order chi connectivity index (χ1) is 11.7. The van der Waals surface area contributed by atoms with Gasteiger partial charge in [0.25, 0.3) is 0 Å². The summed E-state index contributed by atoms with van der Waals surface area (Å²) in [5.74, 6) is 2.10. The summed E-state index contributed by atoms with van der Waals surface area (Å²) < 4.78 is 6.04. The van der Waals surface area contributed by atoms with E-state index in [1.54, 1.807) is 0 Å². The number of allylic oxidation sites excluding steroid dienone is 2. The summed E-state index contributed by atoms with van der Waals surface area (Å²) in [6.07, 6.45) is 7.18. The lowest BCUT2D eigenvalue weighted by atomic mass is 9.79. The van der Waals surface area contributed by atoms with Gasteiger partial charge in [-0.2, -0.15) is 0 Å². The minimum atomic E-state index is 0.261. The van der Waals surface area contributed by atoms with Crippen molar-refractivity contribution in [3.63, 3.8) is 0 Å². The highest BCUT2D eigenvalue weighted by atomic mass is 32.1. The molecule has 2 aromatic rings. The first-order valence-electron chi connectivity index (χ1n) is 8.96. The topological polar surface area (TPSA) is 21.3 Å². The standard InChI is InChI=1S/C21H25NOS/c1-4-13(2)23-15-9-10-19-18(12-15)16-6-5-7-17(16)21(22-19)20-11-8-14(3)24-20/h5-6,8-13,16-17,21-22H,4,7H2,1-3H3. The van der Waals surface area contributed by atoms with Crippen molar-refractivity contribution in [1.82, 2.24) is 0 Å². The summed E-state index contributed by atoms with van der Waals surface area (Å²) in [5.41, 5.74) is 2.65. The Morgan fingerprint density at radius 3 is 2.92 bits per heavy atom. The van der Waals surface area contributed by atoms with Gasteiger partial charge in [-0.3, -0.25) is 0 Å². The summed E-state index contributed by atoms with van der Waals surface area (Å²) in [4.78, 5) is 2.84. The van der Waals surface area contributed by atoms with Gasteiger partial charge in [-0.05, 0) is 68.5 Å². The van der Waals surface area contributed by atoms with Crippen LogP contribution in [0.15, 0.2) is 42.5 Å². The maximum atomic E-state index is 6.04. The lowest BCUT2D eigenvalue weighted by Gasteiger charge is -2.37. The maximum Gasteiger partial charge on any atom is 0.120 e. The van der Waals surface area contributed by atoms with E-state index >= 15 is 0 Å². The van der Waals surface area contributed by atoms with E-state index in [2.05, 4.69) is 68.6 Å². The molecule has 0 amide bonds. The molecule has 2 nitrogen and oxygen atoms in total. The van der Waals surface area contributed by atoms with Crippen molar-refractivity contribution in [3.8, 4) is 5.75 Å². The van der Waals surface area contributed by atoms with Crippen LogP contribution < -0.4 is 10.1 Å².